The summed E-state index contributed by atoms with van der Waals surface area (Å²) >= 11 is 0. The average molecular weight is 269 g/mol. The zero-order valence-electron chi connectivity index (χ0n) is 12.8. The fourth-order valence-corrected chi connectivity index (χ4v) is 2.49. The van der Waals surface area contributed by atoms with E-state index < -0.39 is 0 Å². The number of aldehydes is 1. The van der Waals surface area contributed by atoms with Gasteiger partial charge in [0.15, 0.2) is 0 Å². The van der Waals surface area contributed by atoms with E-state index in [2.05, 4.69) is 22.5 Å². The molecule has 0 aliphatic rings. The lowest BCUT2D eigenvalue weighted by molar-refractivity contribution is -0.111. The molecule has 0 saturated carbocycles. The van der Waals surface area contributed by atoms with Crippen molar-refractivity contribution in [2.75, 3.05) is 21.1 Å². The van der Waals surface area contributed by atoms with Gasteiger partial charge in [0.2, 0.25) is 0 Å². The number of likely N-dealkylation sites (N-methyl/N-ethyl adjacent to an activating group) is 3. The molecule has 4 heteroatoms. The number of rotatable bonds is 13. The van der Waals surface area contributed by atoms with Gasteiger partial charge in [-0.05, 0) is 40.4 Å². The molecular weight excluding hydrogens is 238 g/mol. The van der Waals surface area contributed by atoms with Gasteiger partial charge in [-0.15, -0.1) is 6.58 Å². The molecule has 0 aromatic heterocycles. The van der Waals surface area contributed by atoms with E-state index >= 15 is 0 Å². The molecule has 0 fully saturated rings. The van der Waals surface area contributed by atoms with Gasteiger partial charge >= 0.3 is 0 Å². The van der Waals surface area contributed by atoms with Crippen molar-refractivity contribution in [1.29, 1.82) is 0 Å². The fraction of sp³-hybridized carbons (Fsp3) is 0.800. The Balaban J connectivity index is 4.07. The van der Waals surface area contributed by atoms with Gasteiger partial charge in [-0.3, -0.25) is 0 Å². The molecule has 0 aliphatic heterocycles. The molecule has 3 N–H and O–H groups in total. The van der Waals surface area contributed by atoms with E-state index in [1.54, 1.807) is 0 Å². The second kappa shape index (κ2) is 11.1. The van der Waals surface area contributed by atoms with Crippen molar-refractivity contribution < 1.29 is 4.79 Å². The fourth-order valence-electron chi connectivity index (χ4n) is 2.49. The normalized spacial score (nSPS) is 13.2. The number of allylic oxidation sites excluding steroid dienone is 1. The summed E-state index contributed by atoms with van der Waals surface area (Å²) in [6, 6.07) is -0.219. The minimum absolute atomic E-state index is 0.219. The monoisotopic (exact) mass is 269 g/mol. The van der Waals surface area contributed by atoms with E-state index in [9.17, 15) is 4.79 Å². The molecule has 1 unspecified atom stereocenters. The maximum absolute atomic E-state index is 11.2. The average Bonchev–Trinajstić information content (AvgIpc) is 2.45. The summed E-state index contributed by atoms with van der Waals surface area (Å²) < 4.78 is 0. The van der Waals surface area contributed by atoms with E-state index in [0.29, 0.717) is 0 Å². The minimum Gasteiger partial charge on any atom is -0.308 e. The van der Waals surface area contributed by atoms with Gasteiger partial charge in [-0.25, -0.2) is 0 Å². The predicted octanol–water partition coefficient (Wildman–Crippen LogP) is 1.83. The Labute approximate surface area is 118 Å². The Morgan fingerprint density at radius 1 is 1.05 bits per heavy atom. The van der Waals surface area contributed by atoms with Crippen LogP contribution in [0.5, 0.6) is 0 Å². The number of unbranched alkanes of at least 4 members (excludes halogenated alkanes) is 5. The van der Waals surface area contributed by atoms with Crippen LogP contribution in [0.3, 0.4) is 0 Å². The predicted molar refractivity (Wildman–Crippen MR) is 82.3 cm³/mol. The van der Waals surface area contributed by atoms with E-state index in [0.717, 1.165) is 25.5 Å². The molecule has 0 saturated heterocycles. The second-order valence-electron chi connectivity index (χ2n) is 4.97. The summed E-state index contributed by atoms with van der Waals surface area (Å²) in [6.07, 6.45) is 11.1. The first kappa shape index (κ1) is 18.3. The van der Waals surface area contributed by atoms with Crippen LogP contribution in [0.15, 0.2) is 12.7 Å². The second-order valence-corrected chi connectivity index (χ2v) is 4.97. The molecule has 19 heavy (non-hydrogen) atoms. The topological polar surface area (TPSA) is 53.2 Å². The molecular formula is C15H31N3O. The summed E-state index contributed by atoms with van der Waals surface area (Å²) in [4.78, 5) is 11.2. The molecule has 0 bridgehead atoms. The zero-order chi connectivity index (χ0) is 14.6. The third-order valence-corrected chi connectivity index (χ3v) is 3.85. The van der Waals surface area contributed by atoms with Crippen LogP contribution in [0.4, 0.5) is 0 Å². The summed E-state index contributed by atoms with van der Waals surface area (Å²) in [5.41, 5.74) is -0.350. The largest absolute Gasteiger partial charge is 0.308 e. The van der Waals surface area contributed by atoms with Crippen molar-refractivity contribution in [2.45, 2.75) is 56.7 Å². The highest BCUT2D eigenvalue weighted by Gasteiger charge is 2.34. The van der Waals surface area contributed by atoms with Crippen LogP contribution in [-0.4, -0.2) is 39.1 Å². The van der Waals surface area contributed by atoms with Crippen molar-refractivity contribution in [2.24, 2.45) is 0 Å². The van der Waals surface area contributed by atoms with Gasteiger partial charge in [0.05, 0.1) is 11.7 Å². The van der Waals surface area contributed by atoms with E-state index in [-0.39, 0.29) is 11.7 Å². The Hall–Kier alpha value is -0.710. The Bertz CT molecular complexity index is 240. The van der Waals surface area contributed by atoms with E-state index in [4.69, 9.17) is 0 Å². The highest BCUT2D eigenvalue weighted by Crippen LogP contribution is 2.16. The molecule has 112 valence electrons. The summed E-state index contributed by atoms with van der Waals surface area (Å²) in [6.45, 7) is 3.73. The molecule has 4 nitrogen and oxygen atoms in total. The molecule has 0 spiro atoms. The Morgan fingerprint density at radius 2 is 1.63 bits per heavy atom. The van der Waals surface area contributed by atoms with Crippen molar-refractivity contribution in [1.82, 2.24) is 16.0 Å². The summed E-state index contributed by atoms with van der Waals surface area (Å²) in [7, 11) is 5.61. The third-order valence-electron chi connectivity index (χ3n) is 3.85. The van der Waals surface area contributed by atoms with Crippen LogP contribution >= 0.6 is 0 Å². The lowest BCUT2D eigenvalue weighted by Gasteiger charge is -2.38. The lowest BCUT2D eigenvalue weighted by atomic mass is 9.93. The smallest absolute Gasteiger partial charge is 0.140 e. The summed E-state index contributed by atoms with van der Waals surface area (Å²) in [5, 5.41) is 9.58. The van der Waals surface area contributed by atoms with Gasteiger partial charge in [-0.2, -0.15) is 0 Å². The van der Waals surface area contributed by atoms with Gasteiger partial charge in [0.1, 0.15) is 6.29 Å². The number of hydrogen-bond acceptors (Lipinski definition) is 4. The maximum atomic E-state index is 11.2. The van der Waals surface area contributed by atoms with Crippen LogP contribution in [0, 0.1) is 0 Å². The van der Waals surface area contributed by atoms with Crippen molar-refractivity contribution in [3.8, 4) is 0 Å². The molecule has 0 aliphatic carbocycles. The first-order valence-electron chi connectivity index (χ1n) is 7.32. The van der Waals surface area contributed by atoms with Crippen molar-refractivity contribution in [3.63, 3.8) is 0 Å². The number of hydrogen-bond donors (Lipinski definition) is 3. The van der Waals surface area contributed by atoms with E-state index in [1.807, 2.05) is 27.2 Å². The summed E-state index contributed by atoms with van der Waals surface area (Å²) in [5.74, 6) is 0. The first-order valence-corrected chi connectivity index (χ1v) is 7.32. The lowest BCUT2D eigenvalue weighted by Crippen LogP contribution is -2.66. The van der Waals surface area contributed by atoms with Crippen LogP contribution < -0.4 is 16.0 Å². The van der Waals surface area contributed by atoms with Gasteiger partial charge < -0.3 is 20.7 Å². The highest BCUT2D eigenvalue weighted by atomic mass is 16.1. The third kappa shape index (κ3) is 6.32. The minimum atomic E-state index is -0.350. The number of carbonyl (C=O) groups is 1. The zero-order valence-corrected chi connectivity index (χ0v) is 12.8. The first-order chi connectivity index (χ1) is 9.20. The molecule has 1 atom stereocenters. The van der Waals surface area contributed by atoms with E-state index in [1.165, 1.54) is 25.7 Å². The van der Waals surface area contributed by atoms with Crippen molar-refractivity contribution >= 4 is 6.29 Å². The molecule has 0 aromatic rings. The Kier molecular flexibility index (Phi) is 10.7. The number of carbonyl (C=O) groups excluding carboxylic acids is 1. The molecule has 0 heterocycles. The van der Waals surface area contributed by atoms with Crippen molar-refractivity contribution in [3.05, 3.63) is 12.7 Å². The maximum Gasteiger partial charge on any atom is 0.140 e. The standard InChI is InChI=1S/C15H31N3O/c1-5-6-7-8-9-10-11-12-15(17-3,18-4)14(13-19)16-2/h5,13-14,16-18H,1,6-12H2,2-4H3. The van der Waals surface area contributed by atoms with Crippen LogP contribution in [-0.2, 0) is 4.79 Å². The number of nitrogens with one attached hydrogen (secondary N) is 3. The van der Waals surface area contributed by atoms with Gasteiger partial charge in [0, 0.05) is 0 Å². The van der Waals surface area contributed by atoms with Crippen LogP contribution in [0.2, 0.25) is 0 Å². The van der Waals surface area contributed by atoms with Gasteiger partial charge in [0.25, 0.3) is 0 Å². The van der Waals surface area contributed by atoms with Crippen LogP contribution in [0.25, 0.3) is 0 Å². The molecule has 0 rings (SSSR count). The Morgan fingerprint density at radius 3 is 2.11 bits per heavy atom. The molecule has 0 radical (unpaired) electrons. The molecule has 0 aromatic carbocycles. The quantitative estimate of drug-likeness (QED) is 0.207. The van der Waals surface area contributed by atoms with Gasteiger partial charge in [-0.1, -0.05) is 31.8 Å². The SMILES string of the molecule is C=CCCCCCCCC(NC)(NC)C(C=O)NC. The van der Waals surface area contributed by atoms with Crippen LogP contribution in [0.1, 0.15) is 44.9 Å². The molecule has 0 amide bonds. The highest BCUT2D eigenvalue weighted by molar-refractivity contribution is 5.60.